The predicted molar refractivity (Wildman–Crippen MR) is 25.6 cm³/mol. The second kappa shape index (κ2) is 2.57. The normalized spacial score (nSPS) is 10.4. The Morgan fingerprint density at radius 1 is 1.75 bits per heavy atom. The predicted octanol–water partition coefficient (Wildman–Crippen LogP) is -0.629. The molecular weight excluding hydrogens is 110 g/mol. The van der Waals surface area contributed by atoms with Gasteiger partial charge in [0.25, 0.3) is 5.91 Å². The lowest BCUT2D eigenvalue weighted by atomic mass is 10.4. The Balaban J connectivity index is 3.90. The largest absolute Gasteiger partial charge is 0.347 e. The molecule has 0 fully saturated rings. The van der Waals surface area contributed by atoms with Gasteiger partial charge >= 0.3 is 0 Å². The Bertz CT molecular complexity index is 114. The summed E-state index contributed by atoms with van der Waals surface area (Å²) in [5.74, 6) is -2.21. The van der Waals surface area contributed by atoms with Crippen LogP contribution >= 0.6 is 0 Å². The van der Waals surface area contributed by atoms with Crippen molar-refractivity contribution in [1.29, 1.82) is 0 Å². The van der Waals surface area contributed by atoms with Crippen LogP contribution in [0.1, 0.15) is 13.3 Å². The van der Waals surface area contributed by atoms with Crippen molar-refractivity contribution in [2.45, 2.75) is 19.3 Å². The highest BCUT2D eigenvalue weighted by Gasteiger charge is 2.16. The molecule has 0 aromatic carbocycles. The molecule has 0 bridgehead atoms. The number of isocyanates is 1. The molecule has 0 saturated carbocycles. The molecule has 0 amide bonds. The molecule has 0 aliphatic rings. The van der Waals surface area contributed by atoms with Gasteiger partial charge in [-0.2, -0.15) is 0 Å². The molecule has 4 heteroatoms. The lowest BCUT2D eigenvalue weighted by molar-refractivity contribution is -0.153. The van der Waals surface area contributed by atoms with Gasteiger partial charge in [0.1, 0.15) is 0 Å². The van der Waals surface area contributed by atoms with Gasteiger partial charge in [-0.3, -0.25) is 0 Å². The van der Waals surface area contributed by atoms with Crippen LogP contribution in [0.25, 0.3) is 0 Å². The molecule has 46 valence electrons. The molecule has 0 aromatic heterocycles. The van der Waals surface area contributed by atoms with Gasteiger partial charge in [0.05, 0.1) is 0 Å². The first kappa shape index (κ1) is 7.30. The summed E-state index contributed by atoms with van der Waals surface area (Å²) in [6.07, 6.45) is 1.02. The Labute approximate surface area is 46.5 Å². The topological polar surface area (TPSA) is 69.9 Å². The van der Waals surface area contributed by atoms with Gasteiger partial charge in [-0.25, -0.2) is 4.79 Å². The van der Waals surface area contributed by atoms with Gasteiger partial charge in [-0.15, -0.1) is 4.99 Å². The third kappa shape index (κ3) is 2.47. The lowest BCUT2D eigenvalue weighted by Gasteiger charge is -2.08. The van der Waals surface area contributed by atoms with E-state index in [0.29, 0.717) is 0 Å². The van der Waals surface area contributed by atoms with Crippen LogP contribution in [0, 0.1) is 0 Å². The van der Waals surface area contributed by atoms with E-state index in [0.717, 1.165) is 6.08 Å². The van der Waals surface area contributed by atoms with Crippen LogP contribution < -0.4 is 0 Å². The quantitative estimate of drug-likeness (QED) is 0.287. The third-order valence-corrected chi connectivity index (χ3v) is 0.699. The monoisotopic (exact) mass is 117 g/mol. The first-order valence-corrected chi connectivity index (χ1v) is 2.16. The Hall–Kier alpha value is -0.700. The van der Waals surface area contributed by atoms with Crippen LogP contribution in [-0.2, 0) is 4.79 Å². The average Bonchev–Trinajstić information content (AvgIpc) is 1.67. The number of nitrogens with zero attached hydrogens (tertiary/aromatic N) is 1. The van der Waals surface area contributed by atoms with Crippen LogP contribution in [0.3, 0.4) is 0 Å². The van der Waals surface area contributed by atoms with Crippen LogP contribution in [0.4, 0.5) is 0 Å². The zero-order chi connectivity index (χ0) is 6.62. The summed E-state index contributed by atoms with van der Waals surface area (Å²) >= 11 is 0. The van der Waals surface area contributed by atoms with Crippen LogP contribution in [-0.4, -0.2) is 22.2 Å². The van der Waals surface area contributed by atoms with Crippen molar-refractivity contribution in [3.05, 3.63) is 0 Å². The molecule has 0 unspecified atom stereocenters. The third-order valence-electron chi connectivity index (χ3n) is 0.699. The molecule has 0 aliphatic heterocycles. The number of aliphatic imine (C=N–C) groups is 1. The van der Waals surface area contributed by atoms with E-state index in [1.54, 1.807) is 0 Å². The molecule has 0 aromatic rings. The summed E-state index contributed by atoms with van der Waals surface area (Å²) in [5, 5.41) is 16.9. The fourth-order valence-corrected chi connectivity index (χ4v) is 0.152. The zero-order valence-electron chi connectivity index (χ0n) is 4.46. The van der Waals surface area contributed by atoms with E-state index >= 15 is 0 Å². The zero-order valence-corrected chi connectivity index (χ0v) is 4.46. The highest BCUT2D eigenvalue weighted by Crippen LogP contribution is 2.03. The van der Waals surface area contributed by atoms with E-state index in [1.165, 1.54) is 6.92 Å². The smallest absolute Gasteiger partial charge is 0.275 e. The molecule has 0 spiro atoms. The van der Waals surface area contributed by atoms with Gasteiger partial charge in [-0.1, -0.05) is 6.92 Å². The fraction of sp³-hybridized carbons (Fsp3) is 0.750. The average molecular weight is 117 g/mol. The minimum atomic E-state index is -2.21. The van der Waals surface area contributed by atoms with E-state index in [2.05, 4.69) is 4.99 Å². The van der Waals surface area contributed by atoms with E-state index in [-0.39, 0.29) is 6.42 Å². The minimum Gasteiger partial charge on any atom is -0.347 e. The summed E-state index contributed by atoms with van der Waals surface area (Å²) < 4.78 is 0. The minimum absolute atomic E-state index is 0.0117. The second-order valence-electron chi connectivity index (χ2n) is 1.33. The van der Waals surface area contributed by atoms with E-state index < -0.39 is 5.91 Å². The Kier molecular flexibility index (Phi) is 2.34. The highest BCUT2D eigenvalue weighted by molar-refractivity contribution is 5.33. The van der Waals surface area contributed by atoms with E-state index in [9.17, 15) is 4.79 Å². The summed E-state index contributed by atoms with van der Waals surface area (Å²) in [4.78, 5) is 12.0. The Morgan fingerprint density at radius 3 is 2.38 bits per heavy atom. The first-order valence-electron chi connectivity index (χ1n) is 2.16. The molecule has 0 radical (unpaired) electrons. The van der Waals surface area contributed by atoms with E-state index in [1.807, 2.05) is 0 Å². The summed E-state index contributed by atoms with van der Waals surface area (Å²) in [6.45, 7) is 1.49. The molecule has 2 N–H and O–H groups in total. The van der Waals surface area contributed by atoms with Crippen LogP contribution in [0.2, 0.25) is 0 Å². The van der Waals surface area contributed by atoms with Gasteiger partial charge in [-0.05, 0) is 0 Å². The summed E-state index contributed by atoms with van der Waals surface area (Å²) in [6, 6.07) is 0. The Morgan fingerprint density at radius 2 is 2.25 bits per heavy atom. The van der Waals surface area contributed by atoms with Gasteiger partial charge < -0.3 is 10.2 Å². The summed E-state index contributed by atoms with van der Waals surface area (Å²) in [5.41, 5.74) is 0. The molecule has 0 heterocycles. The first-order chi connectivity index (χ1) is 3.62. The molecule has 0 aliphatic carbocycles. The van der Waals surface area contributed by atoms with Crippen molar-refractivity contribution in [2.75, 3.05) is 0 Å². The maximum absolute atomic E-state index is 9.37. The van der Waals surface area contributed by atoms with Gasteiger partial charge in [0.15, 0.2) is 0 Å². The number of rotatable bonds is 2. The number of carbonyl (C=O) groups excluding carboxylic acids is 1. The van der Waals surface area contributed by atoms with Crippen molar-refractivity contribution >= 4 is 6.08 Å². The number of hydrogen-bond donors (Lipinski definition) is 2. The molecular formula is C4H7NO3. The second-order valence-corrected chi connectivity index (χ2v) is 1.33. The van der Waals surface area contributed by atoms with Crippen molar-refractivity contribution < 1.29 is 15.0 Å². The maximum atomic E-state index is 9.37. The van der Waals surface area contributed by atoms with Crippen molar-refractivity contribution in [3.63, 3.8) is 0 Å². The molecule has 4 nitrogen and oxygen atoms in total. The van der Waals surface area contributed by atoms with Gasteiger partial charge in [0.2, 0.25) is 6.08 Å². The van der Waals surface area contributed by atoms with Gasteiger partial charge in [0, 0.05) is 6.42 Å². The SMILES string of the molecule is CCC(O)(O)N=C=O. The maximum Gasteiger partial charge on any atom is 0.275 e. The van der Waals surface area contributed by atoms with Crippen molar-refractivity contribution in [2.24, 2.45) is 4.99 Å². The van der Waals surface area contributed by atoms with Crippen LogP contribution in [0.15, 0.2) is 4.99 Å². The fourth-order valence-electron chi connectivity index (χ4n) is 0.152. The van der Waals surface area contributed by atoms with Crippen molar-refractivity contribution in [3.8, 4) is 0 Å². The molecule has 0 rings (SSSR count). The van der Waals surface area contributed by atoms with E-state index in [4.69, 9.17) is 10.2 Å². The highest BCUT2D eigenvalue weighted by atomic mass is 16.5. The molecule has 8 heavy (non-hydrogen) atoms. The standard InChI is InChI=1S/C4H7NO3/c1-2-4(7,8)5-3-6/h7-8H,2H2,1H3. The lowest BCUT2D eigenvalue weighted by Crippen LogP contribution is -2.22. The van der Waals surface area contributed by atoms with Crippen molar-refractivity contribution in [1.82, 2.24) is 0 Å². The summed E-state index contributed by atoms with van der Waals surface area (Å²) in [7, 11) is 0. The number of hydrogen-bond acceptors (Lipinski definition) is 4. The van der Waals surface area contributed by atoms with Crippen LogP contribution in [0.5, 0.6) is 0 Å². The molecule has 0 atom stereocenters. The molecule has 0 saturated heterocycles. The number of aliphatic hydroxyl groups is 2.